The molecule has 1 unspecified atom stereocenters. The normalized spacial score (nSPS) is 12.9. The monoisotopic (exact) mass is 232 g/mol. The van der Waals surface area contributed by atoms with Gasteiger partial charge in [0.15, 0.2) is 0 Å². The molecule has 0 aliphatic rings. The molecule has 0 saturated carbocycles. The fourth-order valence-electron chi connectivity index (χ4n) is 2.01. The van der Waals surface area contributed by atoms with Crippen molar-refractivity contribution in [1.82, 2.24) is 9.88 Å². The Morgan fingerprint density at radius 2 is 2.18 bits per heavy atom. The molecule has 0 radical (unpaired) electrons. The SMILES string of the molecule is Cc1cc(CNC(C)c2ccco2)c(C)n1C. The number of nitrogens with zero attached hydrogens (tertiary/aromatic N) is 1. The lowest BCUT2D eigenvalue weighted by atomic mass is 10.2. The van der Waals surface area contributed by atoms with Crippen LogP contribution in [0.4, 0.5) is 0 Å². The van der Waals surface area contributed by atoms with Crippen LogP contribution in [0.15, 0.2) is 28.9 Å². The molecule has 3 heteroatoms. The summed E-state index contributed by atoms with van der Waals surface area (Å²) in [4.78, 5) is 0. The van der Waals surface area contributed by atoms with Crippen molar-refractivity contribution in [2.45, 2.75) is 33.4 Å². The molecule has 0 saturated heterocycles. The molecule has 1 N–H and O–H groups in total. The molecule has 0 bridgehead atoms. The van der Waals surface area contributed by atoms with Crippen LogP contribution in [0.5, 0.6) is 0 Å². The molecular weight excluding hydrogens is 212 g/mol. The van der Waals surface area contributed by atoms with E-state index in [1.54, 1.807) is 6.26 Å². The Hall–Kier alpha value is -1.48. The van der Waals surface area contributed by atoms with Crippen molar-refractivity contribution in [2.24, 2.45) is 7.05 Å². The third kappa shape index (κ3) is 2.44. The molecule has 3 nitrogen and oxygen atoms in total. The lowest BCUT2D eigenvalue weighted by Crippen LogP contribution is -2.17. The summed E-state index contributed by atoms with van der Waals surface area (Å²) in [5.41, 5.74) is 3.97. The predicted octanol–water partition coefficient (Wildman–Crippen LogP) is 3.09. The van der Waals surface area contributed by atoms with Crippen LogP contribution in [0, 0.1) is 13.8 Å². The van der Waals surface area contributed by atoms with Gasteiger partial charge in [-0.05, 0) is 44.5 Å². The average Bonchev–Trinajstić information content (AvgIpc) is 2.91. The van der Waals surface area contributed by atoms with Crippen LogP contribution in [0.1, 0.15) is 35.7 Å². The maximum Gasteiger partial charge on any atom is 0.120 e. The second-order valence-corrected chi connectivity index (χ2v) is 4.57. The molecular formula is C14H20N2O. The summed E-state index contributed by atoms with van der Waals surface area (Å²) in [5, 5.41) is 3.48. The first-order chi connectivity index (χ1) is 8.09. The van der Waals surface area contributed by atoms with E-state index in [1.165, 1.54) is 17.0 Å². The van der Waals surface area contributed by atoms with Gasteiger partial charge in [0.2, 0.25) is 0 Å². The van der Waals surface area contributed by atoms with E-state index in [4.69, 9.17) is 4.42 Å². The Balaban J connectivity index is 2.00. The quantitative estimate of drug-likeness (QED) is 0.878. The molecule has 2 aromatic heterocycles. The van der Waals surface area contributed by atoms with Crippen LogP contribution in [0.3, 0.4) is 0 Å². The molecule has 0 fully saturated rings. The smallest absolute Gasteiger partial charge is 0.120 e. The lowest BCUT2D eigenvalue weighted by molar-refractivity contribution is 0.430. The van der Waals surface area contributed by atoms with Gasteiger partial charge < -0.3 is 14.3 Å². The molecule has 0 aromatic carbocycles. The van der Waals surface area contributed by atoms with E-state index in [-0.39, 0.29) is 6.04 Å². The van der Waals surface area contributed by atoms with E-state index < -0.39 is 0 Å². The third-order valence-electron chi connectivity index (χ3n) is 3.45. The van der Waals surface area contributed by atoms with Crippen LogP contribution >= 0.6 is 0 Å². The molecule has 92 valence electrons. The first-order valence-corrected chi connectivity index (χ1v) is 5.98. The Kier molecular flexibility index (Phi) is 3.38. The van der Waals surface area contributed by atoms with E-state index in [0.29, 0.717) is 0 Å². The van der Waals surface area contributed by atoms with Gasteiger partial charge in [-0.15, -0.1) is 0 Å². The summed E-state index contributed by atoms with van der Waals surface area (Å²) in [6, 6.07) is 6.40. The van der Waals surface area contributed by atoms with Gasteiger partial charge in [0.25, 0.3) is 0 Å². The van der Waals surface area contributed by atoms with Crippen molar-refractivity contribution in [3.63, 3.8) is 0 Å². The number of nitrogens with one attached hydrogen (secondary N) is 1. The van der Waals surface area contributed by atoms with E-state index in [2.05, 4.69) is 43.8 Å². The molecule has 0 aliphatic carbocycles. The van der Waals surface area contributed by atoms with Crippen LogP contribution < -0.4 is 5.32 Å². The summed E-state index contributed by atoms with van der Waals surface area (Å²) in [5.74, 6) is 0.982. The van der Waals surface area contributed by atoms with E-state index in [9.17, 15) is 0 Å². The Morgan fingerprint density at radius 3 is 2.71 bits per heavy atom. The van der Waals surface area contributed by atoms with Crippen LogP contribution in [0.25, 0.3) is 0 Å². The van der Waals surface area contributed by atoms with E-state index in [0.717, 1.165) is 12.3 Å². The first kappa shape index (κ1) is 12.0. The lowest BCUT2D eigenvalue weighted by Gasteiger charge is -2.11. The van der Waals surface area contributed by atoms with Gasteiger partial charge in [-0.3, -0.25) is 0 Å². The standard InChI is InChI=1S/C14H20N2O/c1-10-8-13(12(3)16(10)4)9-15-11(2)14-6-5-7-17-14/h5-8,11,15H,9H2,1-4H3. The van der Waals surface area contributed by atoms with Crippen LogP contribution in [-0.2, 0) is 13.6 Å². The van der Waals surface area contributed by atoms with Crippen molar-refractivity contribution in [3.05, 3.63) is 47.2 Å². The topological polar surface area (TPSA) is 30.1 Å². The van der Waals surface area contributed by atoms with Gasteiger partial charge in [-0.25, -0.2) is 0 Å². The van der Waals surface area contributed by atoms with Crippen molar-refractivity contribution in [2.75, 3.05) is 0 Å². The minimum atomic E-state index is 0.241. The molecule has 1 atom stereocenters. The summed E-state index contributed by atoms with van der Waals surface area (Å²) in [6.07, 6.45) is 1.71. The number of hydrogen-bond donors (Lipinski definition) is 1. The average molecular weight is 232 g/mol. The Bertz CT molecular complexity index is 483. The second-order valence-electron chi connectivity index (χ2n) is 4.57. The van der Waals surface area contributed by atoms with Gasteiger partial charge in [-0.1, -0.05) is 0 Å². The number of rotatable bonds is 4. The van der Waals surface area contributed by atoms with Gasteiger partial charge >= 0.3 is 0 Å². The highest BCUT2D eigenvalue weighted by Crippen LogP contribution is 2.16. The molecule has 0 aliphatic heterocycles. The number of aromatic nitrogens is 1. The van der Waals surface area contributed by atoms with E-state index in [1.807, 2.05) is 12.1 Å². The molecule has 0 spiro atoms. The van der Waals surface area contributed by atoms with Crippen molar-refractivity contribution in [3.8, 4) is 0 Å². The van der Waals surface area contributed by atoms with Gasteiger partial charge in [0.1, 0.15) is 5.76 Å². The number of furan rings is 1. The molecule has 2 aromatic rings. The Morgan fingerprint density at radius 1 is 1.41 bits per heavy atom. The summed E-state index contributed by atoms with van der Waals surface area (Å²) in [7, 11) is 2.10. The highest BCUT2D eigenvalue weighted by Gasteiger charge is 2.10. The number of hydrogen-bond acceptors (Lipinski definition) is 2. The largest absolute Gasteiger partial charge is 0.468 e. The van der Waals surface area contributed by atoms with Crippen LogP contribution in [-0.4, -0.2) is 4.57 Å². The minimum Gasteiger partial charge on any atom is -0.468 e. The highest BCUT2D eigenvalue weighted by atomic mass is 16.3. The van der Waals surface area contributed by atoms with Gasteiger partial charge in [0, 0.05) is 25.0 Å². The molecule has 2 heterocycles. The molecule has 2 rings (SSSR count). The maximum absolute atomic E-state index is 5.38. The van der Waals surface area contributed by atoms with E-state index >= 15 is 0 Å². The fraction of sp³-hybridized carbons (Fsp3) is 0.429. The van der Waals surface area contributed by atoms with Crippen molar-refractivity contribution >= 4 is 0 Å². The number of aryl methyl sites for hydroxylation is 1. The van der Waals surface area contributed by atoms with Gasteiger partial charge in [0.05, 0.1) is 12.3 Å². The van der Waals surface area contributed by atoms with Crippen molar-refractivity contribution in [1.29, 1.82) is 0 Å². The summed E-state index contributed by atoms with van der Waals surface area (Å²) in [6.45, 7) is 7.27. The highest BCUT2D eigenvalue weighted by molar-refractivity contribution is 5.26. The Labute approximate surface area is 102 Å². The molecule has 0 amide bonds. The summed E-state index contributed by atoms with van der Waals surface area (Å²) >= 11 is 0. The zero-order valence-electron chi connectivity index (χ0n) is 10.9. The molecule has 17 heavy (non-hydrogen) atoms. The first-order valence-electron chi connectivity index (χ1n) is 5.98. The second kappa shape index (κ2) is 4.80. The maximum atomic E-state index is 5.38. The van der Waals surface area contributed by atoms with Crippen molar-refractivity contribution < 1.29 is 4.42 Å². The summed E-state index contributed by atoms with van der Waals surface area (Å²) < 4.78 is 7.59. The van der Waals surface area contributed by atoms with Crippen LogP contribution in [0.2, 0.25) is 0 Å². The predicted molar refractivity (Wildman–Crippen MR) is 68.8 cm³/mol. The van der Waals surface area contributed by atoms with Gasteiger partial charge in [-0.2, -0.15) is 0 Å². The zero-order chi connectivity index (χ0) is 12.4. The minimum absolute atomic E-state index is 0.241. The third-order valence-corrected chi connectivity index (χ3v) is 3.45. The fourth-order valence-corrected chi connectivity index (χ4v) is 2.01. The zero-order valence-corrected chi connectivity index (χ0v) is 10.9.